The highest BCUT2D eigenvalue weighted by molar-refractivity contribution is 6.17. The quantitative estimate of drug-likeness (QED) is 0.335. The Balaban J connectivity index is 0. The van der Waals surface area contributed by atoms with E-state index in [2.05, 4.69) is 34.3 Å². The zero-order valence-corrected chi connectivity index (χ0v) is 10.5. The summed E-state index contributed by atoms with van der Waals surface area (Å²) in [6.07, 6.45) is 6.90. The van der Waals surface area contributed by atoms with Gasteiger partial charge in [0.05, 0.1) is 0 Å². The molecule has 80 valence electrons. The smallest absolute Gasteiger partial charge is 0.0223 e. The molecule has 0 saturated carbocycles. The number of halogens is 1. The third-order valence-electron chi connectivity index (χ3n) is 2.20. The summed E-state index contributed by atoms with van der Waals surface area (Å²) in [4.78, 5) is 0. The first kappa shape index (κ1) is 15.5. The van der Waals surface area contributed by atoms with Gasteiger partial charge in [-0.15, -0.1) is 18.2 Å². The summed E-state index contributed by atoms with van der Waals surface area (Å²) in [6, 6.07) is 0. The number of allylic oxidation sites excluding steroid dienone is 1. The van der Waals surface area contributed by atoms with Gasteiger partial charge < -0.3 is 0 Å². The fourth-order valence-electron chi connectivity index (χ4n) is 0.489. The monoisotopic (exact) mass is 204 g/mol. The highest BCUT2D eigenvalue weighted by atomic mass is 35.5. The summed E-state index contributed by atoms with van der Waals surface area (Å²) in [6.45, 7) is 12.4. The van der Waals surface area contributed by atoms with Gasteiger partial charge in [0.15, 0.2) is 0 Å². The summed E-state index contributed by atoms with van der Waals surface area (Å²) in [7, 11) is 0. The summed E-state index contributed by atoms with van der Waals surface area (Å²) >= 11 is 5.38. The van der Waals surface area contributed by atoms with Crippen molar-refractivity contribution in [1.29, 1.82) is 0 Å². The molecule has 0 aromatic heterocycles. The molecule has 0 heterocycles. The minimum atomic E-state index is 0.347. The van der Waals surface area contributed by atoms with Crippen LogP contribution in [0.15, 0.2) is 12.7 Å². The Morgan fingerprint density at radius 2 is 1.77 bits per heavy atom. The second-order valence-corrected chi connectivity index (χ2v) is 4.32. The Kier molecular flexibility index (Phi) is 12.1. The molecule has 0 aliphatic rings. The van der Waals surface area contributed by atoms with Gasteiger partial charge in [0.25, 0.3) is 0 Å². The zero-order chi connectivity index (χ0) is 10.7. The normalized spacial score (nSPS) is 10.2. The minimum Gasteiger partial charge on any atom is -0.127 e. The largest absolute Gasteiger partial charge is 0.127 e. The van der Waals surface area contributed by atoms with Gasteiger partial charge in [0.1, 0.15) is 0 Å². The Bertz CT molecular complexity index is 102. The molecule has 0 aromatic rings. The van der Waals surface area contributed by atoms with Gasteiger partial charge in [-0.05, 0) is 18.3 Å². The van der Waals surface area contributed by atoms with Crippen molar-refractivity contribution in [3.8, 4) is 0 Å². The summed E-state index contributed by atoms with van der Waals surface area (Å²) in [5, 5.41) is 0. The lowest BCUT2D eigenvalue weighted by molar-refractivity contribution is 0.463. The van der Waals surface area contributed by atoms with Crippen molar-refractivity contribution >= 4 is 11.6 Å². The SMILES string of the molecule is C=CC(C)(C)CC.CCCCCCl. The van der Waals surface area contributed by atoms with Gasteiger partial charge in [-0.25, -0.2) is 0 Å². The topological polar surface area (TPSA) is 0 Å². The van der Waals surface area contributed by atoms with Gasteiger partial charge in [-0.3, -0.25) is 0 Å². The van der Waals surface area contributed by atoms with Crippen molar-refractivity contribution in [3.63, 3.8) is 0 Å². The molecule has 0 aromatic carbocycles. The fraction of sp³-hybridized carbons (Fsp3) is 0.833. The number of alkyl halides is 1. The van der Waals surface area contributed by atoms with Crippen molar-refractivity contribution in [2.24, 2.45) is 5.41 Å². The first-order valence-electron chi connectivity index (χ1n) is 5.23. The van der Waals surface area contributed by atoms with Gasteiger partial charge in [0.2, 0.25) is 0 Å². The molecule has 0 atom stereocenters. The first-order chi connectivity index (χ1) is 6.04. The molecule has 0 fully saturated rings. The number of hydrogen-bond donors (Lipinski definition) is 0. The van der Waals surface area contributed by atoms with Crippen molar-refractivity contribution in [2.45, 2.75) is 53.4 Å². The van der Waals surface area contributed by atoms with Gasteiger partial charge >= 0.3 is 0 Å². The van der Waals surface area contributed by atoms with Crippen LogP contribution in [0.4, 0.5) is 0 Å². The fourth-order valence-corrected chi connectivity index (χ4v) is 0.678. The molecule has 0 bridgehead atoms. The van der Waals surface area contributed by atoms with E-state index in [1.165, 1.54) is 25.7 Å². The maximum absolute atomic E-state index is 5.38. The third-order valence-corrected chi connectivity index (χ3v) is 2.47. The molecule has 0 radical (unpaired) electrons. The van der Waals surface area contributed by atoms with Crippen LogP contribution in [0.25, 0.3) is 0 Å². The van der Waals surface area contributed by atoms with E-state index in [0.717, 1.165) is 5.88 Å². The average Bonchev–Trinajstić information content (AvgIpc) is 2.16. The average molecular weight is 205 g/mol. The van der Waals surface area contributed by atoms with Crippen LogP contribution < -0.4 is 0 Å². The predicted octanol–water partition coefficient (Wildman–Crippen LogP) is 5.02. The van der Waals surface area contributed by atoms with Crippen molar-refractivity contribution < 1.29 is 0 Å². The predicted molar refractivity (Wildman–Crippen MR) is 64.5 cm³/mol. The Labute approximate surface area is 89.4 Å². The van der Waals surface area contributed by atoms with Crippen molar-refractivity contribution in [3.05, 3.63) is 12.7 Å². The van der Waals surface area contributed by atoms with E-state index in [4.69, 9.17) is 11.6 Å². The van der Waals surface area contributed by atoms with Gasteiger partial charge in [-0.1, -0.05) is 46.6 Å². The van der Waals surface area contributed by atoms with Gasteiger partial charge in [-0.2, -0.15) is 0 Å². The number of unbranched alkanes of at least 4 members (excludes halogenated alkanes) is 2. The second kappa shape index (κ2) is 10.1. The highest BCUT2D eigenvalue weighted by Gasteiger charge is 2.06. The molecule has 0 nitrogen and oxygen atoms in total. The molecular formula is C12H25Cl. The van der Waals surface area contributed by atoms with Crippen molar-refractivity contribution in [2.75, 3.05) is 5.88 Å². The lowest BCUT2D eigenvalue weighted by atomic mass is 9.91. The Hall–Kier alpha value is 0.0300. The van der Waals surface area contributed by atoms with E-state index in [1.54, 1.807) is 0 Å². The van der Waals surface area contributed by atoms with E-state index in [0.29, 0.717) is 5.41 Å². The molecular weight excluding hydrogens is 180 g/mol. The van der Waals surface area contributed by atoms with Gasteiger partial charge in [0, 0.05) is 5.88 Å². The summed E-state index contributed by atoms with van der Waals surface area (Å²) in [5.74, 6) is 0.827. The van der Waals surface area contributed by atoms with Crippen LogP contribution in [0, 0.1) is 5.41 Å². The highest BCUT2D eigenvalue weighted by Crippen LogP contribution is 2.19. The lowest BCUT2D eigenvalue weighted by Gasteiger charge is -2.14. The summed E-state index contributed by atoms with van der Waals surface area (Å²) in [5.41, 5.74) is 0.347. The molecule has 0 amide bonds. The first-order valence-corrected chi connectivity index (χ1v) is 5.77. The van der Waals surface area contributed by atoms with Crippen LogP contribution in [0.5, 0.6) is 0 Å². The van der Waals surface area contributed by atoms with Crippen LogP contribution in [0.3, 0.4) is 0 Å². The number of hydrogen-bond acceptors (Lipinski definition) is 0. The molecule has 0 unspecified atom stereocenters. The van der Waals surface area contributed by atoms with Crippen molar-refractivity contribution in [1.82, 2.24) is 0 Å². The molecule has 1 heteroatoms. The molecule has 0 aliphatic carbocycles. The van der Waals surface area contributed by atoms with E-state index < -0.39 is 0 Å². The molecule has 0 spiro atoms. The number of rotatable bonds is 5. The maximum atomic E-state index is 5.38. The van der Waals surface area contributed by atoms with Crippen LogP contribution in [0.1, 0.15) is 53.4 Å². The summed E-state index contributed by atoms with van der Waals surface area (Å²) < 4.78 is 0. The zero-order valence-electron chi connectivity index (χ0n) is 9.70. The Morgan fingerprint density at radius 3 is 1.85 bits per heavy atom. The van der Waals surface area contributed by atoms with E-state index in [9.17, 15) is 0 Å². The maximum Gasteiger partial charge on any atom is 0.0223 e. The van der Waals surface area contributed by atoms with E-state index in [-0.39, 0.29) is 0 Å². The van der Waals surface area contributed by atoms with E-state index in [1.807, 2.05) is 6.08 Å². The molecule has 0 saturated heterocycles. The standard InChI is InChI=1S/C7H14.C5H11Cl/c1-5-7(3,4)6-2;1-2-3-4-5-6/h5H,1,6H2,2-4H3;2-5H2,1H3. The lowest BCUT2D eigenvalue weighted by Crippen LogP contribution is -2.02. The third kappa shape index (κ3) is 14.8. The molecule has 0 N–H and O–H groups in total. The second-order valence-electron chi connectivity index (χ2n) is 3.94. The van der Waals surface area contributed by atoms with Crippen LogP contribution in [-0.2, 0) is 0 Å². The van der Waals surface area contributed by atoms with E-state index >= 15 is 0 Å². The van der Waals surface area contributed by atoms with Crippen LogP contribution >= 0.6 is 11.6 Å². The molecule has 13 heavy (non-hydrogen) atoms. The van der Waals surface area contributed by atoms with Crippen LogP contribution in [-0.4, -0.2) is 5.88 Å². The van der Waals surface area contributed by atoms with Crippen LogP contribution in [0.2, 0.25) is 0 Å². The molecule has 0 rings (SSSR count). The minimum absolute atomic E-state index is 0.347. The molecule has 0 aliphatic heterocycles. The Morgan fingerprint density at radius 1 is 1.23 bits per heavy atom.